The second-order valence-electron chi connectivity index (χ2n) is 9.46. The molecule has 168 valence electrons. The summed E-state index contributed by atoms with van der Waals surface area (Å²) in [6.07, 6.45) is 5.96. The van der Waals surface area contributed by atoms with Gasteiger partial charge in [0.25, 0.3) is 0 Å². The number of nitrogens with zero attached hydrogens (tertiary/aromatic N) is 3. The van der Waals surface area contributed by atoms with Gasteiger partial charge in [-0.25, -0.2) is 0 Å². The number of piperidine rings is 3. The maximum atomic E-state index is 13.6. The lowest BCUT2D eigenvalue weighted by molar-refractivity contribution is -0.150. The highest BCUT2D eigenvalue weighted by Gasteiger charge is 2.38. The van der Waals surface area contributed by atoms with E-state index in [1.807, 2.05) is 40.1 Å². The van der Waals surface area contributed by atoms with Crippen LogP contribution in [0.15, 0.2) is 30.3 Å². The van der Waals surface area contributed by atoms with Crippen LogP contribution >= 0.6 is 0 Å². The van der Waals surface area contributed by atoms with E-state index in [9.17, 15) is 14.4 Å². The molecule has 0 spiro atoms. The molecule has 1 unspecified atom stereocenters. The largest absolute Gasteiger partial charge is 0.342 e. The first-order valence-corrected chi connectivity index (χ1v) is 12.0. The number of hydrogen-bond donors (Lipinski definition) is 0. The van der Waals surface area contributed by atoms with Gasteiger partial charge in [-0.2, -0.15) is 0 Å². The van der Waals surface area contributed by atoms with E-state index in [1.165, 1.54) is 0 Å². The number of rotatable bonds is 4. The van der Waals surface area contributed by atoms with Crippen LogP contribution in [0.5, 0.6) is 0 Å². The maximum absolute atomic E-state index is 13.6. The minimum Gasteiger partial charge on any atom is -0.342 e. The first kappa shape index (κ1) is 21.8. The fraction of sp³-hybridized carbons (Fsp3) is 0.640. The average Bonchev–Trinajstić information content (AvgIpc) is 2.81. The summed E-state index contributed by atoms with van der Waals surface area (Å²) >= 11 is 0. The minimum atomic E-state index is -0.551. The zero-order chi connectivity index (χ0) is 21.8. The Bertz CT molecular complexity index is 780. The average molecular weight is 426 g/mol. The molecular weight excluding hydrogens is 390 g/mol. The number of likely N-dealkylation sites (tertiary alicyclic amines) is 3. The number of benzene rings is 1. The number of carbonyl (C=O) groups excluding carboxylic acids is 3. The van der Waals surface area contributed by atoms with Gasteiger partial charge in [0.2, 0.25) is 17.7 Å². The van der Waals surface area contributed by atoms with Crippen molar-refractivity contribution in [2.24, 2.45) is 11.8 Å². The van der Waals surface area contributed by atoms with Gasteiger partial charge in [0, 0.05) is 45.1 Å². The Morgan fingerprint density at radius 2 is 1.52 bits per heavy atom. The van der Waals surface area contributed by atoms with Crippen molar-refractivity contribution in [2.45, 2.75) is 57.9 Å². The van der Waals surface area contributed by atoms with Crippen molar-refractivity contribution >= 4 is 17.7 Å². The Balaban J connectivity index is 1.42. The van der Waals surface area contributed by atoms with Gasteiger partial charge in [-0.3, -0.25) is 14.4 Å². The summed E-state index contributed by atoms with van der Waals surface area (Å²) in [5.74, 6) is 1.06. The summed E-state index contributed by atoms with van der Waals surface area (Å²) in [5.41, 5.74) is 0.878. The molecule has 31 heavy (non-hydrogen) atoms. The summed E-state index contributed by atoms with van der Waals surface area (Å²) in [4.78, 5) is 44.9. The van der Waals surface area contributed by atoms with Crippen molar-refractivity contribution < 1.29 is 14.4 Å². The van der Waals surface area contributed by atoms with Gasteiger partial charge in [0.1, 0.15) is 6.04 Å². The Labute approximate surface area is 185 Å². The van der Waals surface area contributed by atoms with Gasteiger partial charge >= 0.3 is 0 Å². The molecule has 3 amide bonds. The number of hydrogen-bond acceptors (Lipinski definition) is 3. The zero-order valence-corrected chi connectivity index (χ0v) is 18.7. The molecule has 0 saturated carbocycles. The lowest BCUT2D eigenvalue weighted by Gasteiger charge is -2.40. The summed E-state index contributed by atoms with van der Waals surface area (Å²) in [5, 5.41) is 0. The highest BCUT2D eigenvalue weighted by Crippen LogP contribution is 2.30. The molecule has 1 aromatic carbocycles. The minimum absolute atomic E-state index is 0.000790. The Hall–Kier alpha value is -2.37. The van der Waals surface area contributed by atoms with Crippen LogP contribution in [0.2, 0.25) is 0 Å². The van der Waals surface area contributed by atoms with Crippen LogP contribution in [0.25, 0.3) is 0 Å². The molecule has 6 nitrogen and oxygen atoms in total. The third-order valence-electron chi connectivity index (χ3n) is 7.27. The van der Waals surface area contributed by atoms with Crippen molar-refractivity contribution in [3.05, 3.63) is 35.9 Å². The molecule has 1 aromatic rings. The van der Waals surface area contributed by atoms with E-state index in [0.29, 0.717) is 44.8 Å². The molecule has 3 aliphatic rings. The summed E-state index contributed by atoms with van der Waals surface area (Å²) < 4.78 is 0. The lowest BCUT2D eigenvalue weighted by Crippen LogP contribution is -2.50. The van der Waals surface area contributed by atoms with Crippen LogP contribution in [0.1, 0.15) is 63.5 Å². The van der Waals surface area contributed by atoms with E-state index < -0.39 is 6.04 Å². The number of carbonyl (C=O) groups is 3. The molecule has 0 aromatic heterocycles. The van der Waals surface area contributed by atoms with Gasteiger partial charge in [0.15, 0.2) is 0 Å². The normalized spacial score (nSPS) is 22.5. The van der Waals surface area contributed by atoms with Gasteiger partial charge in [0.05, 0.1) is 0 Å². The lowest BCUT2D eigenvalue weighted by atomic mass is 9.92. The highest BCUT2D eigenvalue weighted by atomic mass is 16.2. The predicted molar refractivity (Wildman–Crippen MR) is 119 cm³/mol. The molecule has 3 heterocycles. The first-order valence-electron chi connectivity index (χ1n) is 12.0. The van der Waals surface area contributed by atoms with Crippen LogP contribution in [0.4, 0.5) is 0 Å². The topological polar surface area (TPSA) is 60.9 Å². The SMILES string of the molecule is CC1CCN(C(=O)C2CCN(C(=O)C(c3ccccc3)N3CCCCC3=O)CC2)CC1. The van der Waals surface area contributed by atoms with Crippen molar-refractivity contribution in [1.82, 2.24) is 14.7 Å². The van der Waals surface area contributed by atoms with Gasteiger partial charge in [-0.15, -0.1) is 0 Å². The van der Waals surface area contributed by atoms with Gasteiger partial charge in [-0.05, 0) is 50.0 Å². The van der Waals surface area contributed by atoms with E-state index >= 15 is 0 Å². The predicted octanol–water partition coefficient (Wildman–Crippen LogP) is 3.24. The Kier molecular flexibility index (Phi) is 6.93. The van der Waals surface area contributed by atoms with Crippen LogP contribution in [-0.2, 0) is 14.4 Å². The summed E-state index contributed by atoms with van der Waals surface area (Å²) in [7, 11) is 0. The molecule has 4 rings (SSSR count). The van der Waals surface area contributed by atoms with Gasteiger partial charge in [-0.1, -0.05) is 37.3 Å². The molecule has 1 atom stereocenters. The summed E-state index contributed by atoms with van der Waals surface area (Å²) in [6, 6.07) is 9.12. The molecule has 0 aliphatic carbocycles. The third kappa shape index (κ3) is 4.94. The van der Waals surface area contributed by atoms with E-state index in [-0.39, 0.29) is 23.6 Å². The molecule has 3 aliphatic heterocycles. The fourth-order valence-corrected chi connectivity index (χ4v) is 5.20. The zero-order valence-electron chi connectivity index (χ0n) is 18.7. The molecule has 3 fully saturated rings. The van der Waals surface area contributed by atoms with Crippen LogP contribution in [-0.4, -0.2) is 65.1 Å². The van der Waals surface area contributed by atoms with Crippen molar-refractivity contribution in [3.63, 3.8) is 0 Å². The highest BCUT2D eigenvalue weighted by molar-refractivity contribution is 5.89. The molecule has 0 N–H and O–H groups in total. The fourth-order valence-electron chi connectivity index (χ4n) is 5.20. The molecule has 6 heteroatoms. The molecule has 0 bridgehead atoms. The standard InChI is InChI=1S/C25H35N3O3/c1-19-10-15-26(16-11-19)24(30)21-12-17-27(18-13-21)25(31)23(20-7-3-2-4-8-20)28-14-6-5-9-22(28)29/h2-4,7-8,19,21,23H,5-6,9-18H2,1H3. The molecule has 0 radical (unpaired) electrons. The van der Waals surface area contributed by atoms with Crippen molar-refractivity contribution in [2.75, 3.05) is 32.7 Å². The van der Waals surface area contributed by atoms with E-state index in [0.717, 1.165) is 44.3 Å². The van der Waals surface area contributed by atoms with E-state index in [1.54, 1.807) is 4.90 Å². The van der Waals surface area contributed by atoms with Gasteiger partial charge < -0.3 is 14.7 Å². The first-order chi connectivity index (χ1) is 15.0. The third-order valence-corrected chi connectivity index (χ3v) is 7.27. The molecule has 3 saturated heterocycles. The maximum Gasteiger partial charge on any atom is 0.250 e. The Morgan fingerprint density at radius 3 is 2.16 bits per heavy atom. The van der Waals surface area contributed by atoms with Crippen molar-refractivity contribution in [3.8, 4) is 0 Å². The second-order valence-corrected chi connectivity index (χ2v) is 9.46. The monoisotopic (exact) mass is 425 g/mol. The van der Waals surface area contributed by atoms with E-state index in [4.69, 9.17) is 0 Å². The van der Waals surface area contributed by atoms with Crippen LogP contribution < -0.4 is 0 Å². The quantitative estimate of drug-likeness (QED) is 0.744. The van der Waals surface area contributed by atoms with Crippen LogP contribution in [0, 0.1) is 11.8 Å². The molecular formula is C25H35N3O3. The summed E-state index contributed by atoms with van der Waals surface area (Å²) in [6.45, 7) is 5.79. The van der Waals surface area contributed by atoms with Crippen molar-refractivity contribution in [1.29, 1.82) is 0 Å². The van der Waals surface area contributed by atoms with Crippen LogP contribution in [0.3, 0.4) is 0 Å². The van der Waals surface area contributed by atoms with E-state index in [2.05, 4.69) is 6.92 Å². The smallest absolute Gasteiger partial charge is 0.250 e. The number of amides is 3. The Morgan fingerprint density at radius 1 is 0.871 bits per heavy atom. The second kappa shape index (κ2) is 9.84.